The number of benzene rings is 2. The lowest BCUT2D eigenvalue weighted by molar-refractivity contribution is -0.144. The Hall–Kier alpha value is -2.82. The van der Waals surface area contributed by atoms with E-state index in [1.54, 1.807) is 24.3 Å². The van der Waals surface area contributed by atoms with Crippen molar-refractivity contribution < 1.29 is 17.9 Å². The number of nitrogens with zero attached hydrogens (tertiary/aromatic N) is 1. The molecule has 0 heterocycles. The minimum atomic E-state index is -3.82. The first-order valence-electron chi connectivity index (χ1n) is 7.77. The van der Waals surface area contributed by atoms with Gasteiger partial charge in [0.05, 0.1) is 11.1 Å². The molecule has 1 N–H and O–H groups in total. The summed E-state index contributed by atoms with van der Waals surface area (Å²) in [5.41, 5.74) is 1.81. The Morgan fingerprint density at radius 3 is 2.56 bits per heavy atom. The second-order valence-corrected chi connectivity index (χ2v) is 7.69. The number of aryl methyl sites for hydroxylation is 1. The van der Waals surface area contributed by atoms with Crippen molar-refractivity contribution in [3.05, 3.63) is 64.2 Å². The number of sulfonamides is 1. The average Bonchev–Trinajstić information content (AvgIpc) is 2.60. The number of nitrogens with one attached hydrogen (secondary N) is 1. The summed E-state index contributed by atoms with van der Waals surface area (Å²) in [6, 6.07) is 11.0. The Bertz CT molecular complexity index is 1010. The molecule has 6 nitrogen and oxygen atoms in total. The van der Waals surface area contributed by atoms with Crippen molar-refractivity contribution in [1.29, 1.82) is 0 Å². The number of esters is 1. The lowest BCUT2D eigenvalue weighted by Crippen LogP contribution is -2.18. The van der Waals surface area contributed by atoms with E-state index in [1.165, 1.54) is 31.3 Å². The number of carbonyl (C=O) groups is 1. The van der Waals surface area contributed by atoms with E-state index >= 15 is 0 Å². The third-order valence-corrected chi connectivity index (χ3v) is 4.95. The maximum absolute atomic E-state index is 12.3. The highest BCUT2D eigenvalue weighted by Crippen LogP contribution is 2.23. The molecule has 0 bridgehead atoms. The Labute approximate surface area is 163 Å². The number of halogens is 1. The highest BCUT2D eigenvalue weighted by molar-refractivity contribution is 7.89. The summed E-state index contributed by atoms with van der Waals surface area (Å²) in [4.78, 5) is 13.4. The molecular weight excluding hydrogens is 388 g/mol. The van der Waals surface area contributed by atoms with Crippen LogP contribution in [0.4, 0.5) is 0 Å². The molecular formula is C19H17ClN2O4S. The molecule has 0 amide bonds. The number of hydrazone groups is 1. The summed E-state index contributed by atoms with van der Waals surface area (Å²) in [6.45, 7) is 3.09. The van der Waals surface area contributed by atoms with Crippen molar-refractivity contribution >= 4 is 33.8 Å². The van der Waals surface area contributed by atoms with Crippen molar-refractivity contribution in [2.75, 3.05) is 0 Å². The summed E-state index contributed by atoms with van der Waals surface area (Å²) in [5.74, 6) is 1.82. The van der Waals surface area contributed by atoms with Crippen LogP contribution >= 0.6 is 11.6 Å². The molecule has 0 aliphatic heterocycles. The normalized spacial score (nSPS) is 12.4. The van der Waals surface area contributed by atoms with Crippen LogP contribution < -0.4 is 4.83 Å². The summed E-state index contributed by atoms with van der Waals surface area (Å²) < 4.78 is 29.6. The number of hydrogen-bond acceptors (Lipinski definition) is 5. The number of ether oxygens (including phenoxy) is 1. The van der Waals surface area contributed by atoms with Gasteiger partial charge in [-0.1, -0.05) is 41.3 Å². The van der Waals surface area contributed by atoms with Gasteiger partial charge in [0.1, 0.15) is 0 Å². The predicted octanol–water partition coefficient (Wildman–Crippen LogP) is 3.20. The number of rotatable bonds is 6. The van der Waals surface area contributed by atoms with Crippen molar-refractivity contribution in [2.24, 2.45) is 5.10 Å². The zero-order valence-electron chi connectivity index (χ0n) is 14.6. The van der Waals surface area contributed by atoms with E-state index in [0.717, 1.165) is 5.56 Å². The Morgan fingerprint density at radius 1 is 1.30 bits per heavy atom. The first-order chi connectivity index (χ1) is 12.7. The smallest absolute Gasteiger partial charge is 0.304 e. The maximum Gasteiger partial charge on any atom is 0.304 e. The molecule has 140 valence electrons. The van der Waals surface area contributed by atoms with E-state index in [9.17, 15) is 13.2 Å². The van der Waals surface area contributed by atoms with Crippen LogP contribution in [0.2, 0.25) is 5.02 Å². The van der Waals surface area contributed by atoms with Crippen molar-refractivity contribution in [3.63, 3.8) is 0 Å². The SMILES string of the molecule is C#CC(OC(C)=O)c1ccc(Cl)cc1/C=N/NS(=O)(=O)c1ccc(C)cc1. The zero-order valence-corrected chi connectivity index (χ0v) is 16.2. The van der Waals surface area contributed by atoms with Gasteiger partial charge in [0.15, 0.2) is 6.10 Å². The van der Waals surface area contributed by atoms with Gasteiger partial charge in [-0.2, -0.15) is 13.5 Å². The predicted molar refractivity (Wildman–Crippen MR) is 104 cm³/mol. The molecule has 2 aromatic carbocycles. The molecule has 0 radical (unpaired) electrons. The zero-order chi connectivity index (χ0) is 20.0. The summed E-state index contributed by atoms with van der Waals surface area (Å²) in [6.07, 6.45) is 5.73. The monoisotopic (exact) mass is 404 g/mol. The van der Waals surface area contributed by atoms with Crippen LogP contribution in [0.25, 0.3) is 0 Å². The van der Waals surface area contributed by atoms with Gasteiger partial charge in [-0.15, -0.1) is 6.42 Å². The average molecular weight is 405 g/mol. The fraction of sp³-hybridized carbons (Fsp3) is 0.158. The third kappa shape index (κ3) is 5.58. The first-order valence-corrected chi connectivity index (χ1v) is 9.63. The molecule has 0 fully saturated rings. The molecule has 1 atom stereocenters. The van der Waals surface area contributed by atoms with E-state index in [4.69, 9.17) is 22.8 Å². The minimum absolute atomic E-state index is 0.0815. The summed E-state index contributed by atoms with van der Waals surface area (Å²) >= 11 is 5.99. The fourth-order valence-corrected chi connectivity index (χ4v) is 3.16. The molecule has 0 aliphatic carbocycles. The number of hydrogen-bond donors (Lipinski definition) is 1. The largest absolute Gasteiger partial charge is 0.444 e. The van der Waals surface area contributed by atoms with E-state index in [2.05, 4.69) is 15.9 Å². The minimum Gasteiger partial charge on any atom is -0.444 e. The second kappa shape index (κ2) is 8.71. The Balaban J connectivity index is 2.28. The van der Waals surface area contributed by atoms with Crippen molar-refractivity contribution in [3.8, 4) is 12.3 Å². The van der Waals surface area contributed by atoms with E-state index in [1.807, 2.05) is 6.92 Å². The first kappa shape index (κ1) is 20.5. The lowest BCUT2D eigenvalue weighted by Gasteiger charge is -2.14. The van der Waals surface area contributed by atoms with Crippen LogP contribution in [0.1, 0.15) is 29.7 Å². The fourth-order valence-electron chi connectivity index (χ4n) is 2.18. The van der Waals surface area contributed by atoms with E-state index in [0.29, 0.717) is 16.1 Å². The van der Waals surface area contributed by atoms with Gasteiger partial charge in [0, 0.05) is 23.1 Å². The maximum atomic E-state index is 12.3. The molecule has 1 unspecified atom stereocenters. The molecule has 0 aliphatic rings. The van der Waals surface area contributed by atoms with Crippen LogP contribution in [0.15, 0.2) is 52.5 Å². The summed E-state index contributed by atoms with van der Waals surface area (Å²) in [7, 11) is -3.82. The van der Waals surface area contributed by atoms with Crippen LogP contribution in [-0.2, 0) is 19.6 Å². The second-order valence-electron chi connectivity index (χ2n) is 5.60. The van der Waals surface area contributed by atoms with Crippen LogP contribution in [0.5, 0.6) is 0 Å². The van der Waals surface area contributed by atoms with Crippen molar-refractivity contribution in [1.82, 2.24) is 4.83 Å². The van der Waals surface area contributed by atoms with Gasteiger partial charge in [0.25, 0.3) is 10.0 Å². The van der Waals surface area contributed by atoms with Gasteiger partial charge in [-0.05, 0) is 31.2 Å². The van der Waals surface area contributed by atoms with Crippen molar-refractivity contribution in [2.45, 2.75) is 24.8 Å². The number of terminal acetylenes is 1. The summed E-state index contributed by atoms with van der Waals surface area (Å²) in [5, 5.41) is 4.17. The third-order valence-electron chi connectivity index (χ3n) is 3.47. The van der Waals surface area contributed by atoms with E-state index in [-0.39, 0.29) is 4.90 Å². The molecule has 8 heteroatoms. The molecule has 0 saturated carbocycles. The Morgan fingerprint density at radius 2 is 1.96 bits per heavy atom. The highest BCUT2D eigenvalue weighted by Gasteiger charge is 2.16. The molecule has 2 rings (SSSR count). The molecule has 0 aromatic heterocycles. The quantitative estimate of drug-likeness (QED) is 0.347. The standard InChI is InChI=1S/C19H17ClN2O4S/c1-4-19(26-14(3)23)18-10-7-16(20)11-15(18)12-21-22-27(24,25)17-8-5-13(2)6-9-17/h1,5-12,19,22H,2-3H3/b21-12+. The van der Waals surface area contributed by atoms with Crippen LogP contribution in [-0.4, -0.2) is 20.6 Å². The highest BCUT2D eigenvalue weighted by atomic mass is 35.5. The van der Waals surface area contributed by atoms with E-state index < -0.39 is 22.1 Å². The topological polar surface area (TPSA) is 84.8 Å². The van der Waals surface area contributed by atoms with Gasteiger partial charge in [0.2, 0.25) is 0 Å². The van der Waals surface area contributed by atoms with Gasteiger partial charge in [-0.3, -0.25) is 4.79 Å². The van der Waals surface area contributed by atoms with Crippen LogP contribution in [0, 0.1) is 19.3 Å². The molecule has 2 aromatic rings. The Kier molecular flexibility index (Phi) is 6.61. The molecule has 27 heavy (non-hydrogen) atoms. The van der Waals surface area contributed by atoms with Gasteiger partial charge >= 0.3 is 5.97 Å². The lowest BCUT2D eigenvalue weighted by atomic mass is 10.0. The number of carbonyl (C=O) groups excluding carboxylic acids is 1. The van der Waals surface area contributed by atoms with Gasteiger partial charge in [-0.25, -0.2) is 4.83 Å². The van der Waals surface area contributed by atoms with Gasteiger partial charge < -0.3 is 4.74 Å². The van der Waals surface area contributed by atoms with Crippen LogP contribution in [0.3, 0.4) is 0 Å². The molecule has 0 spiro atoms. The molecule has 0 saturated heterocycles.